The second kappa shape index (κ2) is 8.51. The highest BCUT2D eigenvalue weighted by atomic mass is 19.4. The number of halogens is 3. The van der Waals surface area contributed by atoms with E-state index in [-0.39, 0.29) is 18.1 Å². The molecule has 0 heterocycles. The quantitative estimate of drug-likeness (QED) is 0.820. The maximum absolute atomic E-state index is 12.2. The number of hydrogen-bond acceptors (Lipinski definition) is 2. The molecule has 0 atom stereocenters. The fourth-order valence-corrected chi connectivity index (χ4v) is 2.34. The molecular weight excluding hydrogens is 345 g/mol. The molecule has 2 N–H and O–H groups in total. The minimum Gasteiger partial charge on any atom is -0.352 e. The average molecular weight is 364 g/mol. The van der Waals surface area contributed by atoms with Crippen LogP contribution >= 0.6 is 0 Å². The smallest absolute Gasteiger partial charge is 0.352 e. The van der Waals surface area contributed by atoms with Crippen LogP contribution in [0.5, 0.6) is 0 Å². The molecule has 26 heavy (non-hydrogen) atoms. The minimum atomic E-state index is -4.93. The molecule has 0 spiro atoms. The van der Waals surface area contributed by atoms with Gasteiger partial charge < -0.3 is 10.6 Å². The van der Waals surface area contributed by atoms with Crippen molar-refractivity contribution in [3.8, 4) is 0 Å². The topological polar surface area (TPSA) is 58.2 Å². The van der Waals surface area contributed by atoms with Gasteiger partial charge in [-0.05, 0) is 42.2 Å². The molecule has 2 aromatic rings. The molecule has 0 bridgehead atoms. The Bertz CT molecular complexity index is 771. The monoisotopic (exact) mass is 364 g/mol. The van der Waals surface area contributed by atoms with Crippen molar-refractivity contribution in [2.75, 3.05) is 5.32 Å². The summed E-state index contributed by atoms with van der Waals surface area (Å²) in [6.45, 7) is 2.26. The van der Waals surface area contributed by atoms with Gasteiger partial charge in [0.1, 0.15) is 0 Å². The van der Waals surface area contributed by atoms with Crippen LogP contribution < -0.4 is 10.6 Å². The Morgan fingerprint density at radius 2 is 1.65 bits per heavy atom. The van der Waals surface area contributed by atoms with Gasteiger partial charge in [-0.1, -0.05) is 36.4 Å². The van der Waals surface area contributed by atoms with Gasteiger partial charge in [0.05, 0.1) is 0 Å². The van der Waals surface area contributed by atoms with Crippen molar-refractivity contribution in [1.82, 2.24) is 5.32 Å². The number of hydrogen-bond donors (Lipinski definition) is 2. The standard InChI is InChI=1S/C19H19F3N2O2/c1-13-4-2-3-5-15(13)8-11-17(25)23-12-14-6-9-16(10-7-14)24-18(26)19(20,21)22/h2-7,9-10H,8,11-12H2,1H3,(H,23,25)(H,24,26). The SMILES string of the molecule is Cc1ccccc1CCC(=O)NCc1ccc(NC(=O)C(F)(F)F)cc1. The van der Waals surface area contributed by atoms with Crippen LogP contribution in [0.3, 0.4) is 0 Å². The van der Waals surface area contributed by atoms with E-state index in [4.69, 9.17) is 0 Å². The first-order valence-electron chi connectivity index (χ1n) is 8.04. The summed E-state index contributed by atoms with van der Waals surface area (Å²) in [7, 11) is 0. The fourth-order valence-electron chi connectivity index (χ4n) is 2.34. The largest absolute Gasteiger partial charge is 0.471 e. The van der Waals surface area contributed by atoms with E-state index < -0.39 is 12.1 Å². The number of benzene rings is 2. The molecule has 138 valence electrons. The van der Waals surface area contributed by atoms with E-state index in [1.165, 1.54) is 12.1 Å². The molecule has 0 aromatic heterocycles. The number of alkyl halides is 3. The van der Waals surface area contributed by atoms with Crippen LogP contribution in [0.4, 0.5) is 18.9 Å². The van der Waals surface area contributed by atoms with Gasteiger partial charge in [-0.3, -0.25) is 9.59 Å². The Hall–Kier alpha value is -2.83. The number of nitrogens with one attached hydrogen (secondary N) is 2. The molecular formula is C19H19F3N2O2. The predicted molar refractivity (Wildman–Crippen MR) is 92.5 cm³/mol. The third kappa shape index (κ3) is 5.91. The zero-order chi connectivity index (χ0) is 19.2. The summed E-state index contributed by atoms with van der Waals surface area (Å²) in [4.78, 5) is 22.8. The van der Waals surface area contributed by atoms with Crippen LogP contribution in [0, 0.1) is 6.92 Å². The molecule has 2 amide bonds. The molecule has 0 radical (unpaired) electrons. The van der Waals surface area contributed by atoms with Crippen LogP contribution in [0.2, 0.25) is 0 Å². The van der Waals surface area contributed by atoms with Crippen molar-refractivity contribution in [3.63, 3.8) is 0 Å². The van der Waals surface area contributed by atoms with Crippen molar-refractivity contribution in [2.45, 2.75) is 32.5 Å². The average Bonchev–Trinajstić information content (AvgIpc) is 2.59. The predicted octanol–water partition coefficient (Wildman–Crippen LogP) is 3.74. The first kappa shape index (κ1) is 19.5. The Balaban J connectivity index is 1.79. The molecule has 0 fully saturated rings. The lowest BCUT2D eigenvalue weighted by atomic mass is 10.0. The van der Waals surface area contributed by atoms with E-state index in [9.17, 15) is 22.8 Å². The maximum Gasteiger partial charge on any atom is 0.471 e. The van der Waals surface area contributed by atoms with Gasteiger partial charge in [0, 0.05) is 18.7 Å². The van der Waals surface area contributed by atoms with E-state index in [0.29, 0.717) is 12.8 Å². The molecule has 0 aliphatic rings. The normalized spacial score (nSPS) is 11.1. The molecule has 2 aromatic carbocycles. The molecule has 7 heteroatoms. The Labute approximate surface area is 149 Å². The summed E-state index contributed by atoms with van der Waals surface area (Å²) in [6.07, 6.45) is -3.94. The minimum absolute atomic E-state index is 0.0435. The lowest BCUT2D eigenvalue weighted by molar-refractivity contribution is -0.167. The summed E-state index contributed by atoms with van der Waals surface area (Å²) in [5, 5.41) is 4.53. The van der Waals surface area contributed by atoms with Crippen LogP contribution in [0.15, 0.2) is 48.5 Å². The van der Waals surface area contributed by atoms with Crippen molar-refractivity contribution in [1.29, 1.82) is 0 Å². The van der Waals surface area contributed by atoms with Crippen molar-refractivity contribution in [2.24, 2.45) is 0 Å². The highest BCUT2D eigenvalue weighted by Crippen LogP contribution is 2.18. The Morgan fingerprint density at radius 3 is 2.27 bits per heavy atom. The third-order valence-electron chi connectivity index (χ3n) is 3.84. The summed E-state index contributed by atoms with van der Waals surface area (Å²) in [5.41, 5.74) is 3.02. The number of carbonyl (C=O) groups is 2. The van der Waals surface area contributed by atoms with Crippen LogP contribution in [0.25, 0.3) is 0 Å². The lowest BCUT2D eigenvalue weighted by Gasteiger charge is -2.09. The number of amides is 2. The molecule has 0 unspecified atom stereocenters. The van der Waals surface area contributed by atoms with Gasteiger partial charge in [-0.15, -0.1) is 0 Å². The highest BCUT2D eigenvalue weighted by Gasteiger charge is 2.38. The van der Waals surface area contributed by atoms with E-state index >= 15 is 0 Å². The van der Waals surface area contributed by atoms with Crippen LogP contribution in [-0.4, -0.2) is 18.0 Å². The van der Waals surface area contributed by atoms with E-state index in [1.54, 1.807) is 17.4 Å². The Kier molecular flexibility index (Phi) is 6.38. The van der Waals surface area contributed by atoms with Crippen LogP contribution in [0.1, 0.15) is 23.1 Å². The van der Waals surface area contributed by atoms with Crippen LogP contribution in [-0.2, 0) is 22.6 Å². The van der Waals surface area contributed by atoms with E-state index in [0.717, 1.165) is 16.7 Å². The zero-order valence-corrected chi connectivity index (χ0v) is 14.2. The summed E-state index contributed by atoms with van der Waals surface area (Å²) >= 11 is 0. The summed E-state index contributed by atoms with van der Waals surface area (Å²) < 4.78 is 36.6. The fraction of sp³-hybridized carbons (Fsp3) is 0.263. The second-order valence-electron chi connectivity index (χ2n) is 5.85. The first-order valence-corrected chi connectivity index (χ1v) is 8.04. The number of rotatable bonds is 6. The number of aryl methyl sites for hydroxylation is 2. The van der Waals surface area contributed by atoms with Gasteiger partial charge in [0.25, 0.3) is 0 Å². The van der Waals surface area contributed by atoms with E-state index in [2.05, 4.69) is 5.32 Å². The summed E-state index contributed by atoms with van der Waals surface area (Å²) in [6, 6.07) is 13.7. The van der Waals surface area contributed by atoms with Crippen molar-refractivity contribution in [3.05, 3.63) is 65.2 Å². The lowest BCUT2D eigenvalue weighted by Crippen LogP contribution is -2.29. The van der Waals surface area contributed by atoms with Gasteiger partial charge in [-0.25, -0.2) is 0 Å². The second-order valence-corrected chi connectivity index (χ2v) is 5.85. The number of carbonyl (C=O) groups excluding carboxylic acids is 2. The first-order chi connectivity index (χ1) is 12.3. The summed E-state index contributed by atoms with van der Waals surface area (Å²) in [5.74, 6) is -2.13. The van der Waals surface area contributed by atoms with Crippen molar-refractivity contribution < 1.29 is 22.8 Å². The van der Waals surface area contributed by atoms with Gasteiger partial charge in [0.2, 0.25) is 5.91 Å². The molecule has 0 saturated heterocycles. The third-order valence-corrected chi connectivity index (χ3v) is 3.84. The maximum atomic E-state index is 12.2. The van der Waals surface area contributed by atoms with Gasteiger partial charge in [-0.2, -0.15) is 13.2 Å². The molecule has 0 aliphatic carbocycles. The van der Waals surface area contributed by atoms with E-state index in [1.807, 2.05) is 31.2 Å². The number of anilines is 1. The molecule has 0 saturated carbocycles. The molecule has 2 rings (SSSR count). The van der Waals surface area contributed by atoms with Crippen molar-refractivity contribution >= 4 is 17.5 Å². The van der Waals surface area contributed by atoms with Gasteiger partial charge >= 0.3 is 12.1 Å². The van der Waals surface area contributed by atoms with Gasteiger partial charge in [0.15, 0.2) is 0 Å². The Morgan fingerprint density at radius 1 is 1.00 bits per heavy atom. The zero-order valence-electron chi connectivity index (χ0n) is 14.2. The molecule has 0 aliphatic heterocycles. The highest BCUT2D eigenvalue weighted by molar-refractivity contribution is 5.94. The molecule has 4 nitrogen and oxygen atoms in total.